The lowest BCUT2D eigenvalue weighted by Crippen LogP contribution is -2.25. The van der Waals surface area contributed by atoms with E-state index in [1.165, 1.54) is 11.1 Å². The maximum atomic E-state index is 12.5. The first kappa shape index (κ1) is 19.6. The Bertz CT molecular complexity index is 930. The number of carbonyl (C=O) groups excluding carboxylic acids is 1. The van der Waals surface area contributed by atoms with Crippen molar-refractivity contribution in [1.29, 1.82) is 0 Å². The Labute approximate surface area is 167 Å². The van der Waals surface area contributed by atoms with Crippen LogP contribution in [0.3, 0.4) is 0 Å². The number of rotatable bonds is 6. The average Bonchev–Trinajstić information content (AvgIpc) is 2.68. The molecule has 0 fully saturated rings. The normalized spacial score (nSPS) is 11.1. The Morgan fingerprint density at radius 3 is 2.43 bits per heavy atom. The number of amides is 1. The van der Waals surface area contributed by atoms with Crippen LogP contribution < -0.4 is 10.6 Å². The van der Waals surface area contributed by atoms with Gasteiger partial charge in [-0.05, 0) is 35.1 Å². The minimum absolute atomic E-state index is 0.0173. The van der Waals surface area contributed by atoms with Crippen LogP contribution in [0.15, 0.2) is 73.1 Å². The molecule has 28 heavy (non-hydrogen) atoms. The third-order valence-corrected chi connectivity index (χ3v) is 4.56. The molecule has 0 aliphatic heterocycles. The average molecular weight is 374 g/mol. The number of hydrogen-bond acceptors (Lipinski definition) is 3. The molecule has 144 valence electrons. The summed E-state index contributed by atoms with van der Waals surface area (Å²) in [5.41, 5.74) is 4.81. The SMILES string of the molecule is CC(C)(C)c1ccccc1Nc1cncc(C(=O)NCCc2ccccc2)c1. The molecule has 0 radical (unpaired) electrons. The Morgan fingerprint density at radius 1 is 0.964 bits per heavy atom. The summed E-state index contributed by atoms with van der Waals surface area (Å²) in [7, 11) is 0. The first-order chi connectivity index (χ1) is 13.4. The van der Waals surface area contributed by atoms with E-state index in [9.17, 15) is 4.79 Å². The van der Waals surface area contributed by atoms with Crippen molar-refractivity contribution in [2.45, 2.75) is 32.6 Å². The molecule has 1 aromatic heterocycles. The molecule has 3 aromatic rings. The predicted molar refractivity (Wildman–Crippen MR) is 115 cm³/mol. The van der Waals surface area contributed by atoms with E-state index in [0.29, 0.717) is 12.1 Å². The van der Waals surface area contributed by atoms with Crippen LogP contribution in [0.1, 0.15) is 42.3 Å². The molecule has 0 bridgehead atoms. The van der Waals surface area contributed by atoms with Crippen LogP contribution in [-0.2, 0) is 11.8 Å². The van der Waals surface area contributed by atoms with Crippen molar-refractivity contribution in [3.63, 3.8) is 0 Å². The van der Waals surface area contributed by atoms with Gasteiger partial charge in [-0.15, -0.1) is 0 Å². The maximum absolute atomic E-state index is 12.5. The van der Waals surface area contributed by atoms with Gasteiger partial charge in [-0.25, -0.2) is 0 Å². The zero-order chi connectivity index (χ0) is 20.0. The number of benzene rings is 2. The molecule has 0 aliphatic carbocycles. The van der Waals surface area contributed by atoms with Crippen molar-refractivity contribution in [3.8, 4) is 0 Å². The molecule has 0 unspecified atom stereocenters. The lowest BCUT2D eigenvalue weighted by atomic mass is 9.86. The molecule has 0 saturated heterocycles. The molecule has 2 aromatic carbocycles. The number of anilines is 2. The van der Waals surface area contributed by atoms with E-state index in [1.54, 1.807) is 12.4 Å². The fraction of sp³-hybridized carbons (Fsp3) is 0.250. The highest BCUT2D eigenvalue weighted by Gasteiger charge is 2.17. The topological polar surface area (TPSA) is 54.0 Å². The fourth-order valence-electron chi connectivity index (χ4n) is 3.10. The molecule has 1 amide bonds. The third-order valence-electron chi connectivity index (χ3n) is 4.56. The van der Waals surface area contributed by atoms with Gasteiger partial charge in [0.15, 0.2) is 0 Å². The summed E-state index contributed by atoms with van der Waals surface area (Å²) >= 11 is 0. The molecule has 1 heterocycles. The van der Waals surface area contributed by atoms with Crippen molar-refractivity contribution in [3.05, 3.63) is 89.7 Å². The summed E-state index contributed by atoms with van der Waals surface area (Å²) in [4.78, 5) is 16.7. The molecule has 4 heteroatoms. The number of aromatic nitrogens is 1. The summed E-state index contributed by atoms with van der Waals surface area (Å²) in [6.07, 6.45) is 4.13. The van der Waals surface area contributed by atoms with Crippen LogP contribution in [0.4, 0.5) is 11.4 Å². The van der Waals surface area contributed by atoms with Crippen molar-refractivity contribution < 1.29 is 4.79 Å². The second kappa shape index (κ2) is 8.70. The van der Waals surface area contributed by atoms with Crippen molar-refractivity contribution in [1.82, 2.24) is 10.3 Å². The van der Waals surface area contributed by atoms with Gasteiger partial charge in [0.25, 0.3) is 5.91 Å². The van der Waals surface area contributed by atoms with Crippen LogP contribution >= 0.6 is 0 Å². The molecule has 0 spiro atoms. The maximum Gasteiger partial charge on any atom is 0.252 e. The number of nitrogens with one attached hydrogen (secondary N) is 2. The Morgan fingerprint density at radius 2 is 1.68 bits per heavy atom. The van der Waals surface area contributed by atoms with E-state index in [4.69, 9.17) is 0 Å². The van der Waals surface area contributed by atoms with Crippen molar-refractivity contribution in [2.75, 3.05) is 11.9 Å². The van der Waals surface area contributed by atoms with Crippen LogP contribution in [0, 0.1) is 0 Å². The summed E-state index contributed by atoms with van der Waals surface area (Å²) in [5, 5.41) is 6.38. The van der Waals surface area contributed by atoms with Gasteiger partial charge in [0.1, 0.15) is 0 Å². The third kappa shape index (κ3) is 5.19. The number of carbonyl (C=O) groups is 1. The largest absolute Gasteiger partial charge is 0.354 e. The Balaban J connectivity index is 1.66. The van der Waals surface area contributed by atoms with E-state index in [2.05, 4.69) is 54.6 Å². The predicted octanol–water partition coefficient (Wildman–Crippen LogP) is 5.10. The fourth-order valence-corrected chi connectivity index (χ4v) is 3.10. The van der Waals surface area contributed by atoms with E-state index in [-0.39, 0.29) is 11.3 Å². The molecule has 0 saturated carbocycles. The minimum atomic E-state index is -0.115. The lowest BCUT2D eigenvalue weighted by molar-refractivity contribution is 0.0954. The van der Waals surface area contributed by atoms with Crippen LogP contribution in [0.2, 0.25) is 0 Å². The number of para-hydroxylation sites is 1. The van der Waals surface area contributed by atoms with Gasteiger partial charge in [0.05, 0.1) is 17.4 Å². The molecule has 2 N–H and O–H groups in total. The van der Waals surface area contributed by atoms with Crippen molar-refractivity contribution >= 4 is 17.3 Å². The highest BCUT2D eigenvalue weighted by molar-refractivity contribution is 5.94. The first-order valence-corrected chi connectivity index (χ1v) is 9.57. The van der Waals surface area contributed by atoms with E-state index in [1.807, 2.05) is 42.5 Å². The van der Waals surface area contributed by atoms with Gasteiger partial charge >= 0.3 is 0 Å². The molecular formula is C24H27N3O. The molecular weight excluding hydrogens is 346 g/mol. The van der Waals surface area contributed by atoms with E-state index >= 15 is 0 Å². The highest BCUT2D eigenvalue weighted by Crippen LogP contribution is 2.31. The zero-order valence-electron chi connectivity index (χ0n) is 16.7. The van der Waals surface area contributed by atoms with Crippen LogP contribution in [0.5, 0.6) is 0 Å². The van der Waals surface area contributed by atoms with Gasteiger partial charge in [0.2, 0.25) is 0 Å². The van der Waals surface area contributed by atoms with E-state index < -0.39 is 0 Å². The second-order valence-electron chi connectivity index (χ2n) is 7.87. The number of pyridine rings is 1. The van der Waals surface area contributed by atoms with E-state index in [0.717, 1.165) is 17.8 Å². The second-order valence-corrected chi connectivity index (χ2v) is 7.87. The molecule has 0 aliphatic rings. The first-order valence-electron chi connectivity index (χ1n) is 9.57. The molecule has 4 nitrogen and oxygen atoms in total. The van der Waals surface area contributed by atoms with Gasteiger partial charge in [-0.2, -0.15) is 0 Å². The van der Waals surface area contributed by atoms with Gasteiger partial charge in [-0.3, -0.25) is 9.78 Å². The monoisotopic (exact) mass is 373 g/mol. The Kier molecular flexibility index (Phi) is 6.09. The van der Waals surface area contributed by atoms with Crippen LogP contribution in [-0.4, -0.2) is 17.4 Å². The number of nitrogens with zero attached hydrogens (tertiary/aromatic N) is 1. The minimum Gasteiger partial charge on any atom is -0.354 e. The van der Waals surface area contributed by atoms with Crippen LogP contribution in [0.25, 0.3) is 0 Å². The smallest absolute Gasteiger partial charge is 0.252 e. The highest BCUT2D eigenvalue weighted by atomic mass is 16.1. The summed E-state index contributed by atoms with van der Waals surface area (Å²) in [6.45, 7) is 7.14. The van der Waals surface area contributed by atoms with Gasteiger partial charge in [-0.1, -0.05) is 69.3 Å². The summed E-state index contributed by atoms with van der Waals surface area (Å²) in [6, 6.07) is 20.2. The van der Waals surface area contributed by atoms with Gasteiger partial charge < -0.3 is 10.6 Å². The molecule has 0 atom stereocenters. The van der Waals surface area contributed by atoms with Crippen molar-refractivity contribution in [2.24, 2.45) is 0 Å². The quantitative estimate of drug-likeness (QED) is 0.632. The summed E-state index contributed by atoms with van der Waals surface area (Å²) in [5.74, 6) is -0.115. The van der Waals surface area contributed by atoms with Gasteiger partial charge in [0, 0.05) is 18.4 Å². The summed E-state index contributed by atoms with van der Waals surface area (Å²) < 4.78 is 0. The Hall–Kier alpha value is -3.14. The number of hydrogen-bond donors (Lipinski definition) is 2. The molecule has 3 rings (SSSR count). The standard InChI is InChI=1S/C24H27N3O/c1-24(2,3)21-11-7-8-12-22(21)27-20-15-19(16-25-17-20)23(28)26-14-13-18-9-5-4-6-10-18/h4-12,15-17,27H,13-14H2,1-3H3,(H,26,28). The lowest BCUT2D eigenvalue weighted by Gasteiger charge is -2.23. The zero-order valence-corrected chi connectivity index (χ0v) is 16.7.